The monoisotopic (exact) mass is 550 g/mol. The van der Waals surface area contributed by atoms with Gasteiger partial charge in [-0.2, -0.15) is 0 Å². The molecular weight excluding hydrogens is 536 g/mol. The number of hydrogen-bond donors (Lipinski definition) is 3. The molecule has 0 spiro atoms. The van der Waals surface area contributed by atoms with E-state index in [0.717, 1.165) is 0 Å². The van der Waals surface area contributed by atoms with E-state index in [-0.39, 0.29) is 23.8 Å². The van der Waals surface area contributed by atoms with E-state index >= 15 is 0 Å². The first-order valence-corrected chi connectivity index (χ1v) is 10.6. The molecule has 13 heteroatoms. The van der Waals surface area contributed by atoms with Gasteiger partial charge < -0.3 is 19.8 Å². The molecule has 0 fully saturated rings. The highest BCUT2D eigenvalue weighted by atomic mass is 79.9. The van der Waals surface area contributed by atoms with Gasteiger partial charge in [0.2, 0.25) is 0 Å². The molecule has 3 N–H and O–H groups in total. The lowest BCUT2D eigenvalue weighted by atomic mass is 10.1. The number of carbonyl (C=O) groups excluding carboxylic acids is 1. The average Bonchev–Trinajstić information content (AvgIpc) is 2.78. The van der Waals surface area contributed by atoms with Crippen LogP contribution in [0.5, 0.6) is 11.5 Å². The van der Waals surface area contributed by atoms with Crippen LogP contribution < -0.4 is 26.0 Å². The van der Waals surface area contributed by atoms with Gasteiger partial charge in [-0.15, -0.1) is 0 Å². The van der Waals surface area contributed by atoms with Crippen LogP contribution in [0, 0.1) is 10.1 Å². The number of ether oxygens (including phenoxy) is 2. The Morgan fingerprint density at radius 1 is 1.18 bits per heavy atom. The summed E-state index contributed by atoms with van der Waals surface area (Å²) in [5, 5.41) is 14.2. The second-order valence-corrected chi connectivity index (χ2v) is 7.90. The van der Waals surface area contributed by atoms with Crippen LogP contribution in [0.15, 0.2) is 50.5 Å². The smallest absolute Gasteiger partial charge is 0.357 e. The minimum Gasteiger partial charge on any atom is -0.493 e. The molecule has 0 bridgehead atoms. The van der Waals surface area contributed by atoms with Crippen molar-refractivity contribution in [1.82, 2.24) is 9.97 Å². The van der Waals surface area contributed by atoms with Crippen molar-refractivity contribution in [2.24, 2.45) is 0 Å². The topological polar surface area (TPSA) is 156 Å². The number of benzene rings is 2. The number of carbonyl (C=O) groups is 1. The molecule has 0 aliphatic heterocycles. The fraction of sp³-hybridized carbons (Fsp3) is 0.0952. The maximum absolute atomic E-state index is 12.2. The summed E-state index contributed by atoms with van der Waals surface area (Å²) < 4.78 is 11.5. The SMILES string of the molecule is COc1cc(/C=C\c2[nH]c(=O)[nH]c(=O)c2[N+](=O)[O-])ccc1OCC(=O)Nc1ccc(Br)c(Cl)c1. The highest BCUT2D eigenvalue weighted by Gasteiger charge is 2.19. The number of methoxy groups -OCH3 is 1. The predicted octanol–water partition coefficient (Wildman–Crippen LogP) is 3.58. The van der Waals surface area contributed by atoms with Gasteiger partial charge in [-0.25, -0.2) is 4.79 Å². The van der Waals surface area contributed by atoms with Crippen LogP contribution in [-0.2, 0) is 4.79 Å². The highest BCUT2D eigenvalue weighted by Crippen LogP contribution is 2.29. The van der Waals surface area contributed by atoms with Gasteiger partial charge in [0.25, 0.3) is 5.91 Å². The molecule has 0 atom stereocenters. The van der Waals surface area contributed by atoms with Crippen LogP contribution in [0.25, 0.3) is 12.2 Å². The lowest BCUT2D eigenvalue weighted by molar-refractivity contribution is -0.386. The summed E-state index contributed by atoms with van der Waals surface area (Å²) in [6.07, 6.45) is 2.66. The minimum atomic E-state index is -1.11. The molecule has 1 amide bonds. The van der Waals surface area contributed by atoms with E-state index in [9.17, 15) is 24.5 Å². The zero-order chi connectivity index (χ0) is 24.8. The van der Waals surface area contributed by atoms with Gasteiger partial charge in [-0.3, -0.25) is 24.7 Å². The maximum atomic E-state index is 12.2. The van der Waals surface area contributed by atoms with Crippen molar-refractivity contribution in [1.29, 1.82) is 0 Å². The van der Waals surface area contributed by atoms with Crippen LogP contribution in [0.3, 0.4) is 0 Å². The third kappa shape index (κ3) is 6.11. The molecule has 3 aromatic rings. The Labute approximate surface area is 204 Å². The quantitative estimate of drug-likeness (QED) is 0.285. The Balaban J connectivity index is 1.73. The molecule has 0 saturated carbocycles. The summed E-state index contributed by atoms with van der Waals surface area (Å²) in [5.41, 5.74) is -2.02. The van der Waals surface area contributed by atoms with Gasteiger partial charge in [-0.1, -0.05) is 23.7 Å². The first-order valence-electron chi connectivity index (χ1n) is 9.42. The van der Waals surface area contributed by atoms with E-state index in [2.05, 4.69) is 26.2 Å². The molecule has 3 rings (SSSR count). The first kappa shape index (κ1) is 24.7. The van der Waals surface area contributed by atoms with Crippen molar-refractivity contribution in [3.05, 3.63) is 88.1 Å². The van der Waals surface area contributed by atoms with Gasteiger partial charge >= 0.3 is 16.9 Å². The van der Waals surface area contributed by atoms with Crippen molar-refractivity contribution >= 4 is 57.0 Å². The maximum Gasteiger partial charge on any atom is 0.357 e. The van der Waals surface area contributed by atoms with Gasteiger partial charge in [0.15, 0.2) is 18.1 Å². The van der Waals surface area contributed by atoms with Crippen LogP contribution >= 0.6 is 27.5 Å². The van der Waals surface area contributed by atoms with E-state index < -0.39 is 27.8 Å². The standard InChI is InChI=1S/C21H16BrClN4O7/c1-33-17-8-11(2-6-15-19(27(31)32)20(29)26-21(30)25-15)3-7-16(17)34-10-18(28)24-12-4-5-13(22)14(23)9-12/h2-9H,10H2,1H3,(H,24,28)(H2,25,26,29,30)/b6-2-. The Hall–Kier alpha value is -3.90. The molecule has 0 saturated heterocycles. The minimum absolute atomic E-state index is 0.261. The van der Waals surface area contributed by atoms with Crippen LogP contribution in [0.2, 0.25) is 5.02 Å². The number of nitro groups is 1. The van der Waals surface area contributed by atoms with Crippen molar-refractivity contribution in [3.63, 3.8) is 0 Å². The summed E-state index contributed by atoms with van der Waals surface area (Å²) in [7, 11) is 1.40. The number of aromatic nitrogens is 2. The predicted molar refractivity (Wildman–Crippen MR) is 130 cm³/mol. The summed E-state index contributed by atoms with van der Waals surface area (Å²) in [4.78, 5) is 49.6. The Kier molecular flexibility index (Phi) is 7.87. The number of halogens is 2. The van der Waals surface area contributed by atoms with Gasteiger partial charge in [0.05, 0.1) is 17.1 Å². The van der Waals surface area contributed by atoms with Crippen LogP contribution in [0.1, 0.15) is 11.3 Å². The molecule has 0 unspecified atom stereocenters. The summed E-state index contributed by atoms with van der Waals surface area (Å²) in [6.45, 7) is -0.306. The van der Waals surface area contributed by atoms with E-state index in [1.807, 2.05) is 4.98 Å². The third-order valence-corrected chi connectivity index (χ3v) is 5.55. The number of aromatic amines is 2. The molecule has 0 aliphatic rings. The second kappa shape index (κ2) is 10.8. The Bertz CT molecular complexity index is 1400. The van der Waals surface area contributed by atoms with Crippen molar-refractivity contribution in [2.45, 2.75) is 0 Å². The summed E-state index contributed by atoms with van der Waals surface area (Å²) >= 11 is 9.28. The third-order valence-electron chi connectivity index (χ3n) is 4.32. The molecule has 176 valence electrons. The van der Waals surface area contributed by atoms with E-state index in [4.69, 9.17) is 21.1 Å². The molecule has 34 heavy (non-hydrogen) atoms. The van der Waals surface area contributed by atoms with Crippen LogP contribution in [0.4, 0.5) is 11.4 Å². The molecule has 0 radical (unpaired) electrons. The zero-order valence-electron chi connectivity index (χ0n) is 17.4. The summed E-state index contributed by atoms with van der Waals surface area (Å²) in [5.74, 6) is 0.143. The normalized spacial score (nSPS) is 10.8. The van der Waals surface area contributed by atoms with E-state index in [1.165, 1.54) is 25.3 Å². The number of anilines is 1. The van der Waals surface area contributed by atoms with Crippen LogP contribution in [-0.4, -0.2) is 34.5 Å². The fourth-order valence-electron chi connectivity index (χ4n) is 2.80. The highest BCUT2D eigenvalue weighted by molar-refractivity contribution is 9.10. The average molecular weight is 552 g/mol. The first-order chi connectivity index (χ1) is 16.2. The summed E-state index contributed by atoms with van der Waals surface area (Å²) in [6, 6.07) is 9.64. The fourth-order valence-corrected chi connectivity index (χ4v) is 3.23. The lowest BCUT2D eigenvalue weighted by Crippen LogP contribution is -2.25. The van der Waals surface area contributed by atoms with Crippen molar-refractivity contribution < 1.29 is 19.2 Å². The number of amides is 1. The van der Waals surface area contributed by atoms with Crippen molar-refractivity contribution in [3.8, 4) is 11.5 Å². The van der Waals surface area contributed by atoms with Gasteiger partial charge in [0, 0.05) is 10.2 Å². The lowest BCUT2D eigenvalue weighted by Gasteiger charge is -2.12. The number of H-pyrrole nitrogens is 2. The molecule has 1 aromatic heterocycles. The van der Waals surface area contributed by atoms with Gasteiger partial charge in [0.1, 0.15) is 5.69 Å². The van der Waals surface area contributed by atoms with E-state index in [1.54, 1.807) is 30.3 Å². The number of hydrogen-bond acceptors (Lipinski definition) is 7. The molecule has 2 aromatic carbocycles. The molecule has 1 heterocycles. The largest absolute Gasteiger partial charge is 0.493 e. The Morgan fingerprint density at radius 3 is 2.62 bits per heavy atom. The number of nitrogens with zero attached hydrogens (tertiary/aromatic N) is 1. The second-order valence-electron chi connectivity index (χ2n) is 6.64. The molecule has 11 nitrogen and oxygen atoms in total. The number of rotatable bonds is 8. The zero-order valence-corrected chi connectivity index (χ0v) is 19.7. The number of nitrogens with one attached hydrogen (secondary N) is 3. The Morgan fingerprint density at radius 2 is 1.94 bits per heavy atom. The van der Waals surface area contributed by atoms with E-state index in [0.29, 0.717) is 20.7 Å². The van der Waals surface area contributed by atoms with Gasteiger partial charge in [-0.05, 0) is 57.9 Å². The molecular formula is C21H16BrClN4O7. The molecule has 0 aliphatic carbocycles. The van der Waals surface area contributed by atoms with Crippen molar-refractivity contribution in [2.75, 3.05) is 19.0 Å².